The summed E-state index contributed by atoms with van der Waals surface area (Å²) >= 11 is 6.33. The van der Waals surface area contributed by atoms with Gasteiger partial charge in [-0.15, -0.1) is 0 Å². The van der Waals surface area contributed by atoms with Gasteiger partial charge in [0, 0.05) is 31.9 Å². The van der Waals surface area contributed by atoms with E-state index in [0.29, 0.717) is 0 Å². The highest BCUT2D eigenvalue weighted by atomic mass is 35.5. The first-order valence-corrected chi connectivity index (χ1v) is 9.96. The monoisotopic (exact) mass is 358 g/mol. The normalized spacial score (nSPS) is 18.4. The van der Waals surface area contributed by atoms with Gasteiger partial charge in [-0.2, -0.15) is 5.10 Å². The average molecular weight is 359 g/mol. The Morgan fingerprint density at radius 1 is 1.04 bits per heavy atom. The lowest BCUT2D eigenvalue weighted by molar-refractivity contribution is 0.255. The van der Waals surface area contributed by atoms with Crippen molar-refractivity contribution in [2.24, 2.45) is 0 Å². The Bertz CT molecular complexity index is 703. The SMILES string of the molecule is Clc1ccccc1N1CCN(CCCc2n[nH]c3c2CCCC3)CC1. The smallest absolute Gasteiger partial charge is 0.0657 e. The number of anilines is 1. The van der Waals surface area contributed by atoms with Crippen LogP contribution < -0.4 is 4.90 Å². The number of hydrogen-bond donors (Lipinski definition) is 1. The van der Waals surface area contributed by atoms with E-state index in [4.69, 9.17) is 11.6 Å². The molecule has 25 heavy (non-hydrogen) atoms. The standard InChI is InChI=1S/C20H27ClN4/c21-17-7-2-4-10-20(17)25-14-12-24(13-15-25)11-5-9-19-16-6-1-3-8-18(16)22-23-19/h2,4,7,10H,1,3,5-6,8-9,11-15H2,(H,22,23). The summed E-state index contributed by atoms with van der Waals surface area (Å²) in [5.74, 6) is 0. The number of halogens is 1. The van der Waals surface area contributed by atoms with Crippen LogP contribution in [0.25, 0.3) is 0 Å². The second kappa shape index (κ2) is 7.79. The van der Waals surface area contributed by atoms with Crippen molar-refractivity contribution in [1.29, 1.82) is 0 Å². The summed E-state index contributed by atoms with van der Waals surface area (Å²) in [5.41, 5.74) is 5.42. The number of nitrogens with one attached hydrogen (secondary N) is 1. The molecule has 1 fully saturated rings. The van der Waals surface area contributed by atoms with Crippen LogP contribution in [0.2, 0.25) is 5.02 Å². The van der Waals surface area contributed by atoms with Crippen LogP contribution in [-0.2, 0) is 19.3 Å². The first-order valence-electron chi connectivity index (χ1n) is 9.58. The van der Waals surface area contributed by atoms with Gasteiger partial charge in [-0.3, -0.25) is 10.00 Å². The first-order chi connectivity index (χ1) is 12.3. The van der Waals surface area contributed by atoms with Crippen molar-refractivity contribution in [3.63, 3.8) is 0 Å². The molecule has 0 spiro atoms. The number of piperazine rings is 1. The van der Waals surface area contributed by atoms with Gasteiger partial charge in [0.05, 0.1) is 16.4 Å². The van der Waals surface area contributed by atoms with Crippen LogP contribution in [0.3, 0.4) is 0 Å². The van der Waals surface area contributed by atoms with Crippen molar-refractivity contribution in [3.05, 3.63) is 46.2 Å². The molecule has 0 bridgehead atoms. The second-order valence-corrected chi connectivity index (χ2v) is 7.63. The van der Waals surface area contributed by atoms with Crippen molar-refractivity contribution in [2.75, 3.05) is 37.6 Å². The van der Waals surface area contributed by atoms with Crippen LogP contribution in [0.5, 0.6) is 0 Å². The molecule has 1 aromatic heterocycles. The van der Waals surface area contributed by atoms with Gasteiger partial charge in [-0.25, -0.2) is 0 Å². The summed E-state index contributed by atoms with van der Waals surface area (Å²) in [4.78, 5) is 4.98. The van der Waals surface area contributed by atoms with Gasteiger partial charge < -0.3 is 4.90 Å². The minimum absolute atomic E-state index is 0.860. The van der Waals surface area contributed by atoms with Crippen LogP contribution in [0.1, 0.15) is 36.2 Å². The van der Waals surface area contributed by atoms with E-state index >= 15 is 0 Å². The summed E-state index contributed by atoms with van der Waals surface area (Å²) < 4.78 is 0. The number of hydrogen-bond acceptors (Lipinski definition) is 3. The minimum Gasteiger partial charge on any atom is -0.368 e. The number of aromatic nitrogens is 2. The maximum absolute atomic E-state index is 6.33. The van der Waals surface area contributed by atoms with Gasteiger partial charge in [0.15, 0.2) is 0 Å². The number of aromatic amines is 1. The summed E-state index contributed by atoms with van der Waals surface area (Å²) in [5, 5.41) is 8.70. The van der Waals surface area contributed by atoms with E-state index < -0.39 is 0 Å². The molecule has 1 aliphatic heterocycles. The van der Waals surface area contributed by atoms with Gasteiger partial charge >= 0.3 is 0 Å². The number of benzene rings is 1. The van der Waals surface area contributed by atoms with Crippen LogP contribution in [0, 0.1) is 0 Å². The molecule has 0 radical (unpaired) electrons. The third kappa shape index (κ3) is 3.85. The van der Waals surface area contributed by atoms with Gasteiger partial charge in [0.2, 0.25) is 0 Å². The van der Waals surface area contributed by atoms with E-state index in [9.17, 15) is 0 Å². The molecule has 134 valence electrons. The fourth-order valence-corrected chi connectivity index (χ4v) is 4.40. The van der Waals surface area contributed by atoms with Crippen LogP contribution >= 0.6 is 11.6 Å². The molecule has 1 saturated heterocycles. The number of aryl methyl sites for hydroxylation is 2. The Labute approximate surface area is 155 Å². The van der Waals surface area contributed by atoms with Gasteiger partial charge in [-0.1, -0.05) is 23.7 Å². The number of fused-ring (bicyclic) bond motifs is 1. The molecule has 1 aliphatic carbocycles. The third-order valence-electron chi connectivity index (χ3n) is 5.60. The number of nitrogens with zero attached hydrogens (tertiary/aromatic N) is 3. The summed E-state index contributed by atoms with van der Waals surface area (Å²) in [6.07, 6.45) is 7.35. The van der Waals surface area contributed by atoms with Crippen molar-refractivity contribution in [3.8, 4) is 0 Å². The minimum atomic E-state index is 0.860. The van der Waals surface area contributed by atoms with Crippen molar-refractivity contribution < 1.29 is 0 Å². The zero-order valence-corrected chi connectivity index (χ0v) is 15.6. The Balaban J connectivity index is 1.24. The molecule has 0 amide bonds. The lowest BCUT2D eigenvalue weighted by atomic mass is 9.94. The van der Waals surface area contributed by atoms with E-state index in [-0.39, 0.29) is 0 Å². The maximum atomic E-state index is 6.33. The Morgan fingerprint density at radius 3 is 2.68 bits per heavy atom. The molecule has 1 aromatic carbocycles. The first kappa shape index (κ1) is 16.9. The van der Waals surface area contributed by atoms with E-state index in [0.717, 1.165) is 44.2 Å². The number of H-pyrrole nitrogens is 1. The van der Waals surface area contributed by atoms with Crippen molar-refractivity contribution in [2.45, 2.75) is 38.5 Å². The van der Waals surface area contributed by atoms with Crippen LogP contribution in [-0.4, -0.2) is 47.8 Å². The molecular formula is C20H27ClN4. The number of para-hydroxylation sites is 1. The van der Waals surface area contributed by atoms with E-state index in [1.54, 1.807) is 0 Å². The lowest BCUT2D eigenvalue weighted by Crippen LogP contribution is -2.46. The molecule has 0 saturated carbocycles. The van der Waals surface area contributed by atoms with Crippen LogP contribution in [0.4, 0.5) is 5.69 Å². The Morgan fingerprint density at radius 2 is 1.84 bits per heavy atom. The molecule has 2 heterocycles. The molecule has 1 N–H and O–H groups in total. The molecule has 0 unspecified atom stereocenters. The zero-order valence-electron chi connectivity index (χ0n) is 14.8. The van der Waals surface area contributed by atoms with Gasteiger partial charge in [-0.05, 0) is 62.8 Å². The van der Waals surface area contributed by atoms with Gasteiger partial charge in [0.25, 0.3) is 0 Å². The lowest BCUT2D eigenvalue weighted by Gasteiger charge is -2.36. The maximum Gasteiger partial charge on any atom is 0.0657 e. The van der Waals surface area contributed by atoms with Crippen molar-refractivity contribution in [1.82, 2.24) is 15.1 Å². The number of rotatable bonds is 5. The fraction of sp³-hybridized carbons (Fsp3) is 0.550. The van der Waals surface area contributed by atoms with Crippen LogP contribution in [0.15, 0.2) is 24.3 Å². The summed E-state index contributed by atoms with van der Waals surface area (Å²) in [6, 6.07) is 8.17. The Hall–Kier alpha value is -1.52. The quantitative estimate of drug-likeness (QED) is 0.885. The van der Waals surface area contributed by atoms with E-state index in [1.807, 2.05) is 12.1 Å². The highest BCUT2D eigenvalue weighted by molar-refractivity contribution is 6.33. The molecule has 4 rings (SSSR count). The molecule has 0 atom stereocenters. The van der Waals surface area contributed by atoms with E-state index in [1.165, 1.54) is 54.7 Å². The molecule has 2 aromatic rings. The zero-order chi connectivity index (χ0) is 17.1. The third-order valence-corrected chi connectivity index (χ3v) is 5.91. The topological polar surface area (TPSA) is 35.2 Å². The second-order valence-electron chi connectivity index (χ2n) is 7.22. The van der Waals surface area contributed by atoms with Crippen molar-refractivity contribution >= 4 is 17.3 Å². The van der Waals surface area contributed by atoms with E-state index in [2.05, 4.69) is 32.1 Å². The molecule has 5 heteroatoms. The highest BCUT2D eigenvalue weighted by Gasteiger charge is 2.19. The largest absolute Gasteiger partial charge is 0.368 e. The predicted octanol–water partition coefficient (Wildman–Crippen LogP) is 3.70. The Kier molecular flexibility index (Phi) is 5.28. The molecule has 2 aliphatic rings. The van der Waals surface area contributed by atoms with Gasteiger partial charge in [0.1, 0.15) is 0 Å². The fourth-order valence-electron chi connectivity index (χ4n) is 4.15. The predicted molar refractivity (Wildman–Crippen MR) is 104 cm³/mol. The summed E-state index contributed by atoms with van der Waals surface area (Å²) in [7, 11) is 0. The molecule has 4 nitrogen and oxygen atoms in total. The molecular weight excluding hydrogens is 332 g/mol. The highest BCUT2D eigenvalue weighted by Crippen LogP contribution is 2.26. The summed E-state index contributed by atoms with van der Waals surface area (Å²) in [6.45, 7) is 5.51. The average Bonchev–Trinajstić information content (AvgIpc) is 3.06.